The molecule has 1 aromatic rings. The molecular weight excluding hydrogens is 252 g/mol. The number of benzene rings is 1. The van der Waals surface area contributed by atoms with E-state index in [0.29, 0.717) is 24.2 Å². The van der Waals surface area contributed by atoms with Gasteiger partial charge in [-0.1, -0.05) is 44.9 Å². The lowest BCUT2D eigenvalue weighted by atomic mass is 9.98. The van der Waals surface area contributed by atoms with Gasteiger partial charge >= 0.3 is 5.97 Å². The Morgan fingerprint density at radius 1 is 1.35 bits per heavy atom. The fraction of sp³-hybridized carbons (Fsp3) is 0.588. The maximum Gasteiger partial charge on any atom is 0.338 e. The quantitative estimate of drug-likeness (QED) is 0.741. The second-order valence-electron chi connectivity index (χ2n) is 5.62. The fourth-order valence-corrected chi connectivity index (χ4v) is 2.69. The summed E-state index contributed by atoms with van der Waals surface area (Å²) in [5.74, 6) is 0.292. The minimum atomic E-state index is -0.265. The highest BCUT2D eigenvalue weighted by atomic mass is 16.6. The van der Waals surface area contributed by atoms with Gasteiger partial charge in [-0.05, 0) is 30.9 Å². The first-order valence-electron chi connectivity index (χ1n) is 7.58. The number of carbonyl (C=O) groups excluding carboxylic acids is 1. The lowest BCUT2D eigenvalue weighted by Gasteiger charge is -2.15. The SMILES string of the molecule is CCCCC1OC(COC(=O)c2ccccc2)CC1C. The maximum absolute atomic E-state index is 11.9. The van der Waals surface area contributed by atoms with Gasteiger partial charge < -0.3 is 9.47 Å². The molecule has 0 radical (unpaired) electrons. The number of carbonyl (C=O) groups is 1. The molecule has 1 fully saturated rings. The Hall–Kier alpha value is -1.35. The summed E-state index contributed by atoms with van der Waals surface area (Å²) in [6.45, 7) is 4.78. The van der Waals surface area contributed by atoms with Gasteiger partial charge in [0.05, 0.1) is 17.8 Å². The summed E-state index contributed by atoms with van der Waals surface area (Å²) in [5, 5.41) is 0. The van der Waals surface area contributed by atoms with Crippen LogP contribution in [0.2, 0.25) is 0 Å². The predicted molar refractivity (Wildman–Crippen MR) is 78.7 cm³/mol. The van der Waals surface area contributed by atoms with Crippen LogP contribution in [0, 0.1) is 5.92 Å². The average molecular weight is 276 g/mol. The van der Waals surface area contributed by atoms with Gasteiger partial charge in [-0.2, -0.15) is 0 Å². The monoisotopic (exact) mass is 276 g/mol. The molecule has 3 atom stereocenters. The Balaban J connectivity index is 1.76. The lowest BCUT2D eigenvalue weighted by Crippen LogP contribution is -2.20. The molecule has 20 heavy (non-hydrogen) atoms. The van der Waals surface area contributed by atoms with Crippen molar-refractivity contribution in [1.82, 2.24) is 0 Å². The molecule has 0 bridgehead atoms. The summed E-state index contributed by atoms with van der Waals surface area (Å²) in [4.78, 5) is 11.9. The second-order valence-corrected chi connectivity index (χ2v) is 5.62. The molecule has 1 aliphatic heterocycles. The molecule has 0 aromatic heterocycles. The van der Waals surface area contributed by atoms with Crippen molar-refractivity contribution in [2.45, 2.75) is 51.7 Å². The van der Waals surface area contributed by atoms with Crippen LogP contribution >= 0.6 is 0 Å². The molecule has 3 nitrogen and oxygen atoms in total. The van der Waals surface area contributed by atoms with Crippen molar-refractivity contribution in [2.24, 2.45) is 5.92 Å². The van der Waals surface area contributed by atoms with E-state index in [-0.39, 0.29) is 12.1 Å². The highest BCUT2D eigenvalue weighted by Gasteiger charge is 2.32. The van der Waals surface area contributed by atoms with E-state index in [4.69, 9.17) is 9.47 Å². The summed E-state index contributed by atoms with van der Waals surface area (Å²) in [6, 6.07) is 9.10. The molecule has 0 amide bonds. The fourth-order valence-electron chi connectivity index (χ4n) is 2.69. The van der Waals surface area contributed by atoms with Crippen LogP contribution in [0.4, 0.5) is 0 Å². The van der Waals surface area contributed by atoms with E-state index in [9.17, 15) is 4.79 Å². The van der Waals surface area contributed by atoms with Crippen LogP contribution in [0.1, 0.15) is 49.9 Å². The third-order valence-electron chi connectivity index (χ3n) is 3.89. The number of hydrogen-bond donors (Lipinski definition) is 0. The number of hydrogen-bond acceptors (Lipinski definition) is 3. The summed E-state index contributed by atoms with van der Waals surface area (Å²) < 4.78 is 11.3. The van der Waals surface area contributed by atoms with Crippen LogP contribution in [0.5, 0.6) is 0 Å². The van der Waals surface area contributed by atoms with Gasteiger partial charge in [0.2, 0.25) is 0 Å². The van der Waals surface area contributed by atoms with E-state index in [1.54, 1.807) is 12.1 Å². The molecule has 3 heteroatoms. The molecule has 1 saturated heterocycles. The molecule has 1 aliphatic rings. The summed E-state index contributed by atoms with van der Waals surface area (Å²) in [7, 11) is 0. The van der Waals surface area contributed by atoms with Crippen LogP contribution in [-0.4, -0.2) is 24.8 Å². The Morgan fingerprint density at radius 3 is 2.80 bits per heavy atom. The zero-order valence-corrected chi connectivity index (χ0v) is 12.4. The largest absolute Gasteiger partial charge is 0.459 e. The average Bonchev–Trinajstić information content (AvgIpc) is 2.84. The van der Waals surface area contributed by atoms with Crippen molar-refractivity contribution in [1.29, 1.82) is 0 Å². The third-order valence-corrected chi connectivity index (χ3v) is 3.89. The van der Waals surface area contributed by atoms with Gasteiger partial charge in [-0.15, -0.1) is 0 Å². The first-order chi connectivity index (χ1) is 9.70. The van der Waals surface area contributed by atoms with Gasteiger partial charge in [0, 0.05) is 0 Å². The molecule has 0 spiro atoms. The zero-order valence-electron chi connectivity index (χ0n) is 12.4. The number of esters is 1. The summed E-state index contributed by atoms with van der Waals surface area (Å²) in [5.41, 5.74) is 0.598. The molecule has 110 valence electrons. The van der Waals surface area contributed by atoms with Gasteiger partial charge in [0.15, 0.2) is 0 Å². The maximum atomic E-state index is 11.9. The minimum Gasteiger partial charge on any atom is -0.459 e. The normalized spacial score (nSPS) is 25.6. The van der Waals surface area contributed by atoms with Gasteiger partial charge in [-0.25, -0.2) is 4.79 Å². The van der Waals surface area contributed by atoms with Crippen molar-refractivity contribution in [3.05, 3.63) is 35.9 Å². The first-order valence-corrected chi connectivity index (χ1v) is 7.58. The second kappa shape index (κ2) is 7.44. The van der Waals surface area contributed by atoms with E-state index in [1.807, 2.05) is 18.2 Å². The van der Waals surface area contributed by atoms with E-state index < -0.39 is 0 Å². The molecule has 3 unspecified atom stereocenters. The molecule has 0 saturated carbocycles. The molecule has 1 heterocycles. The third kappa shape index (κ3) is 4.07. The number of ether oxygens (including phenoxy) is 2. The Morgan fingerprint density at radius 2 is 2.10 bits per heavy atom. The van der Waals surface area contributed by atoms with E-state index >= 15 is 0 Å². The van der Waals surface area contributed by atoms with E-state index in [1.165, 1.54) is 12.8 Å². The molecule has 0 N–H and O–H groups in total. The van der Waals surface area contributed by atoms with Crippen LogP contribution in [0.3, 0.4) is 0 Å². The van der Waals surface area contributed by atoms with Crippen molar-refractivity contribution < 1.29 is 14.3 Å². The first kappa shape index (κ1) is 15.0. The zero-order chi connectivity index (χ0) is 14.4. The van der Waals surface area contributed by atoms with Gasteiger partial charge in [-0.3, -0.25) is 0 Å². The molecule has 2 rings (SSSR count). The molecule has 0 aliphatic carbocycles. The van der Waals surface area contributed by atoms with Crippen molar-refractivity contribution >= 4 is 5.97 Å². The topological polar surface area (TPSA) is 35.5 Å². The molecule has 1 aromatic carbocycles. The van der Waals surface area contributed by atoms with Crippen LogP contribution < -0.4 is 0 Å². The predicted octanol–water partition coefficient (Wildman–Crippen LogP) is 3.83. The smallest absolute Gasteiger partial charge is 0.338 e. The number of rotatable bonds is 6. The Kier molecular flexibility index (Phi) is 5.60. The summed E-state index contributed by atoms with van der Waals surface area (Å²) in [6.07, 6.45) is 4.87. The number of unbranched alkanes of at least 4 members (excludes halogenated alkanes) is 1. The standard InChI is InChI=1S/C17H24O3/c1-3-4-10-16-13(2)11-15(20-16)12-19-17(18)14-8-6-5-7-9-14/h5-9,13,15-16H,3-4,10-12H2,1-2H3. The van der Waals surface area contributed by atoms with Crippen LogP contribution in [-0.2, 0) is 9.47 Å². The van der Waals surface area contributed by atoms with Crippen molar-refractivity contribution in [3.63, 3.8) is 0 Å². The summed E-state index contributed by atoms with van der Waals surface area (Å²) >= 11 is 0. The minimum absolute atomic E-state index is 0.0551. The Labute approximate surface area is 121 Å². The highest BCUT2D eigenvalue weighted by Crippen LogP contribution is 2.29. The van der Waals surface area contributed by atoms with E-state index in [0.717, 1.165) is 12.8 Å². The lowest BCUT2D eigenvalue weighted by molar-refractivity contribution is -0.0135. The van der Waals surface area contributed by atoms with Crippen LogP contribution in [0.15, 0.2) is 30.3 Å². The van der Waals surface area contributed by atoms with Crippen molar-refractivity contribution in [2.75, 3.05) is 6.61 Å². The molecular formula is C17H24O3. The van der Waals surface area contributed by atoms with Gasteiger partial charge in [0.1, 0.15) is 6.61 Å². The highest BCUT2D eigenvalue weighted by molar-refractivity contribution is 5.89. The Bertz CT molecular complexity index is 416. The van der Waals surface area contributed by atoms with E-state index in [2.05, 4.69) is 13.8 Å². The van der Waals surface area contributed by atoms with Gasteiger partial charge in [0.25, 0.3) is 0 Å². The van der Waals surface area contributed by atoms with Crippen LogP contribution in [0.25, 0.3) is 0 Å². The van der Waals surface area contributed by atoms with Crippen molar-refractivity contribution in [3.8, 4) is 0 Å².